The molecule has 0 amide bonds. The van der Waals surface area contributed by atoms with Crippen LogP contribution in [-0.2, 0) is 0 Å². The van der Waals surface area contributed by atoms with Crippen molar-refractivity contribution in [3.05, 3.63) is 182 Å². The average Bonchev–Trinajstić information content (AvgIpc) is 3.57. The van der Waals surface area contributed by atoms with Crippen molar-refractivity contribution in [1.29, 1.82) is 0 Å². The molecule has 0 aliphatic heterocycles. The monoisotopic (exact) mass is 646 g/mol. The van der Waals surface area contributed by atoms with Crippen LogP contribution in [0.2, 0.25) is 0 Å². The summed E-state index contributed by atoms with van der Waals surface area (Å²) >= 11 is 0. The third-order valence-electron chi connectivity index (χ3n) is 10.8. The molecule has 236 valence electrons. The topological polar surface area (TPSA) is 13.1 Å². The summed E-state index contributed by atoms with van der Waals surface area (Å²) in [5.74, 6) is 0. The smallest absolute Gasteiger partial charge is 0.135 e. The highest BCUT2D eigenvalue weighted by molar-refractivity contribution is 6.25. The van der Waals surface area contributed by atoms with E-state index in [2.05, 4.69) is 182 Å². The van der Waals surface area contributed by atoms with Gasteiger partial charge in [0.1, 0.15) is 11.2 Å². The van der Waals surface area contributed by atoms with Crippen molar-refractivity contribution in [2.24, 2.45) is 0 Å². The van der Waals surface area contributed by atoms with Crippen molar-refractivity contribution in [3.8, 4) is 33.4 Å². The Hall–Kier alpha value is -6.70. The van der Waals surface area contributed by atoms with Crippen LogP contribution in [0.4, 0.5) is 0 Å². The summed E-state index contributed by atoms with van der Waals surface area (Å²) < 4.78 is 6.32. The molecule has 1 nitrogen and oxygen atoms in total. The lowest BCUT2D eigenvalue weighted by atomic mass is 9.91. The Morgan fingerprint density at radius 2 is 0.569 bits per heavy atom. The second-order valence-corrected chi connectivity index (χ2v) is 13.7. The van der Waals surface area contributed by atoms with E-state index in [9.17, 15) is 0 Å². The lowest BCUT2D eigenvalue weighted by molar-refractivity contribution is 0.669. The molecule has 0 spiro atoms. The van der Waals surface area contributed by atoms with Crippen molar-refractivity contribution in [1.82, 2.24) is 0 Å². The van der Waals surface area contributed by atoms with E-state index in [1.807, 2.05) is 0 Å². The van der Waals surface area contributed by atoms with Gasteiger partial charge in [-0.2, -0.15) is 0 Å². The minimum Gasteiger partial charge on any atom is -0.456 e. The van der Waals surface area contributed by atoms with Gasteiger partial charge in [-0.05, 0) is 136 Å². The van der Waals surface area contributed by atoms with Crippen LogP contribution >= 0.6 is 0 Å². The Morgan fingerprint density at radius 3 is 1.12 bits per heavy atom. The maximum Gasteiger partial charge on any atom is 0.135 e. The molecule has 0 aliphatic rings. The second-order valence-electron chi connectivity index (χ2n) is 13.7. The van der Waals surface area contributed by atoms with Crippen molar-refractivity contribution < 1.29 is 4.42 Å². The zero-order chi connectivity index (χ0) is 33.5. The van der Waals surface area contributed by atoms with Gasteiger partial charge in [0.2, 0.25) is 0 Å². The van der Waals surface area contributed by atoms with Crippen LogP contribution in [-0.4, -0.2) is 0 Å². The van der Waals surface area contributed by atoms with E-state index in [1.54, 1.807) is 0 Å². The predicted octanol–water partition coefficient (Wildman–Crippen LogP) is 14.4. The summed E-state index contributed by atoms with van der Waals surface area (Å²) in [7, 11) is 0. The zero-order valence-electron chi connectivity index (χ0n) is 27.7. The molecule has 1 heteroatoms. The summed E-state index contributed by atoms with van der Waals surface area (Å²) in [6, 6.07) is 66.5. The van der Waals surface area contributed by atoms with Crippen LogP contribution in [0, 0.1) is 0 Å². The molecular formula is C50H30O. The minimum absolute atomic E-state index is 0.907. The number of rotatable bonds is 3. The molecule has 0 saturated heterocycles. The quantitative estimate of drug-likeness (QED) is 0.174. The van der Waals surface area contributed by atoms with Gasteiger partial charge >= 0.3 is 0 Å². The van der Waals surface area contributed by atoms with E-state index in [4.69, 9.17) is 4.42 Å². The van der Waals surface area contributed by atoms with E-state index in [1.165, 1.54) is 87.2 Å². The van der Waals surface area contributed by atoms with Crippen molar-refractivity contribution in [2.45, 2.75) is 0 Å². The van der Waals surface area contributed by atoms with E-state index in [-0.39, 0.29) is 0 Å². The molecule has 0 bridgehead atoms. The second kappa shape index (κ2) is 10.9. The Labute approximate surface area is 294 Å². The SMILES string of the molecule is c1ccc2cc(-c3ccc4oc5ccc(-c6ccc7ccc(-c8ccc9c%10ccccc%10c%10ccccc%10c9c8)cc7c6)cc5c4c3)ccc2c1. The first-order valence-electron chi connectivity index (χ1n) is 17.6. The molecular weight excluding hydrogens is 617 g/mol. The maximum atomic E-state index is 6.32. The normalized spacial score (nSPS) is 11.9. The fraction of sp³-hybridized carbons (Fsp3) is 0. The molecule has 0 atom stereocenters. The van der Waals surface area contributed by atoms with Crippen LogP contribution in [0.25, 0.3) is 109 Å². The van der Waals surface area contributed by atoms with Crippen LogP contribution in [0.1, 0.15) is 0 Å². The van der Waals surface area contributed by atoms with Gasteiger partial charge in [0.15, 0.2) is 0 Å². The first-order chi connectivity index (χ1) is 25.2. The van der Waals surface area contributed by atoms with E-state index in [0.29, 0.717) is 0 Å². The lowest BCUT2D eigenvalue weighted by Gasteiger charge is -2.12. The van der Waals surface area contributed by atoms with Crippen LogP contribution in [0.15, 0.2) is 186 Å². The Kier molecular flexibility index (Phi) is 6.02. The Bertz CT molecular complexity index is 3160. The van der Waals surface area contributed by atoms with E-state index >= 15 is 0 Å². The molecule has 0 saturated carbocycles. The Morgan fingerprint density at radius 1 is 0.216 bits per heavy atom. The first kappa shape index (κ1) is 28.2. The number of hydrogen-bond donors (Lipinski definition) is 0. The highest BCUT2D eigenvalue weighted by atomic mass is 16.3. The fourth-order valence-electron chi connectivity index (χ4n) is 8.20. The highest BCUT2D eigenvalue weighted by Gasteiger charge is 2.13. The molecule has 10 aromatic carbocycles. The molecule has 0 aliphatic carbocycles. The number of fused-ring (bicyclic) bond motifs is 11. The summed E-state index contributed by atoms with van der Waals surface area (Å²) in [4.78, 5) is 0. The largest absolute Gasteiger partial charge is 0.456 e. The van der Waals surface area contributed by atoms with Crippen molar-refractivity contribution in [2.75, 3.05) is 0 Å². The minimum atomic E-state index is 0.907. The predicted molar refractivity (Wildman–Crippen MR) is 218 cm³/mol. The number of hydrogen-bond acceptors (Lipinski definition) is 1. The molecule has 0 radical (unpaired) electrons. The summed E-state index contributed by atoms with van der Waals surface area (Å²) in [5, 5.41) is 15.0. The Balaban J connectivity index is 1.01. The molecule has 0 N–H and O–H groups in total. The summed E-state index contributed by atoms with van der Waals surface area (Å²) in [6.07, 6.45) is 0. The van der Waals surface area contributed by atoms with E-state index < -0.39 is 0 Å². The van der Waals surface area contributed by atoms with Gasteiger partial charge in [-0.25, -0.2) is 0 Å². The van der Waals surface area contributed by atoms with Gasteiger partial charge in [-0.3, -0.25) is 0 Å². The molecule has 11 rings (SSSR count). The van der Waals surface area contributed by atoms with Crippen LogP contribution in [0.3, 0.4) is 0 Å². The van der Waals surface area contributed by atoms with E-state index in [0.717, 1.165) is 21.9 Å². The van der Waals surface area contributed by atoms with Gasteiger partial charge in [0.25, 0.3) is 0 Å². The third-order valence-corrected chi connectivity index (χ3v) is 10.8. The van der Waals surface area contributed by atoms with Gasteiger partial charge in [-0.15, -0.1) is 0 Å². The molecule has 0 fully saturated rings. The zero-order valence-corrected chi connectivity index (χ0v) is 27.7. The van der Waals surface area contributed by atoms with Gasteiger partial charge in [0, 0.05) is 10.8 Å². The summed E-state index contributed by atoms with van der Waals surface area (Å²) in [6.45, 7) is 0. The highest BCUT2D eigenvalue weighted by Crippen LogP contribution is 2.39. The maximum absolute atomic E-state index is 6.32. The van der Waals surface area contributed by atoms with Gasteiger partial charge in [0.05, 0.1) is 0 Å². The first-order valence-corrected chi connectivity index (χ1v) is 17.6. The standard InChI is InChI=1S/C50H30O/c1-2-8-33-25-34(16-13-31(33)7-1)38-20-23-49-47(29-38)48-30-39(21-24-50(48)51-49)36-18-15-32-14-17-35(26-40(32)27-36)37-19-22-45-43-11-4-3-9-41(43)42-10-5-6-12-44(42)46(45)28-37/h1-30H. The fourth-order valence-corrected chi connectivity index (χ4v) is 8.20. The average molecular weight is 647 g/mol. The molecule has 1 aromatic heterocycles. The summed E-state index contributed by atoms with van der Waals surface area (Å²) in [5.41, 5.74) is 9.03. The lowest BCUT2D eigenvalue weighted by Crippen LogP contribution is -1.85. The van der Waals surface area contributed by atoms with Gasteiger partial charge < -0.3 is 4.42 Å². The third kappa shape index (κ3) is 4.49. The van der Waals surface area contributed by atoms with Gasteiger partial charge in [-0.1, -0.05) is 133 Å². The van der Waals surface area contributed by atoms with Crippen LogP contribution < -0.4 is 0 Å². The number of benzene rings is 10. The number of furan rings is 1. The molecule has 0 unspecified atom stereocenters. The van der Waals surface area contributed by atoms with Crippen molar-refractivity contribution in [3.63, 3.8) is 0 Å². The molecule has 51 heavy (non-hydrogen) atoms. The van der Waals surface area contributed by atoms with Crippen molar-refractivity contribution >= 4 is 75.8 Å². The van der Waals surface area contributed by atoms with Crippen LogP contribution in [0.5, 0.6) is 0 Å². The molecule has 11 aromatic rings. The molecule has 1 heterocycles.